The van der Waals surface area contributed by atoms with Crippen molar-refractivity contribution in [2.45, 2.75) is 33.7 Å². The van der Waals surface area contributed by atoms with Crippen molar-refractivity contribution in [3.8, 4) is 5.75 Å². The van der Waals surface area contributed by atoms with Crippen LogP contribution in [0.3, 0.4) is 0 Å². The van der Waals surface area contributed by atoms with Gasteiger partial charge < -0.3 is 15.4 Å². The summed E-state index contributed by atoms with van der Waals surface area (Å²) >= 11 is 1.29. The molecule has 2 amide bonds. The fourth-order valence-corrected chi connectivity index (χ4v) is 3.56. The first-order valence-corrected chi connectivity index (χ1v) is 10.3. The van der Waals surface area contributed by atoms with Crippen molar-refractivity contribution in [1.82, 2.24) is 5.32 Å². The summed E-state index contributed by atoms with van der Waals surface area (Å²) in [5.41, 5.74) is 5.03. The fraction of sp³-hybridized carbons (Fsp3) is 0.364. The first kappa shape index (κ1) is 21.8. The molecule has 28 heavy (non-hydrogen) atoms. The average molecular weight is 401 g/mol. The van der Waals surface area contributed by atoms with Crippen LogP contribution in [0.15, 0.2) is 36.4 Å². The summed E-state index contributed by atoms with van der Waals surface area (Å²) in [7, 11) is 1.62. The number of hydrogen-bond donors (Lipinski definition) is 2. The van der Waals surface area contributed by atoms with Gasteiger partial charge in [-0.15, -0.1) is 11.8 Å². The van der Waals surface area contributed by atoms with E-state index in [0.717, 1.165) is 33.7 Å². The molecule has 0 saturated heterocycles. The largest absolute Gasteiger partial charge is 0.496 e. The lowest BCUT2D eigenvalue weighted by atomic mass is 10.0. The second-order valence-electron chi connectivity index (χ2n) is 6.89. The summed E-state index contributed by atoms with van der Waals surface area (Å²) in [5, 5.41) is 5.86. The molecule has 2 rings (SSSR count). The van der Waals surface area contributed by atoms with Crippen LogP contribution in [0.25, 0.3) is 0 Å². The van der Waals surface area contributed by atoms with Crippen molar-refractivity contribution in [3.63, 3.8) is 0 Å². The van der Waals surface area contributed by atoms with Crippen LogP contribution in [-0.4, -0.2) is 30.4 Å². The van der Waals surface area contributed by atoms with Gasteiger partial charge in [0, 0.05) is 11.3 Å². The minimum atomic E-state index is -0.174. The Morgan fingerprint density at radius 3 is 2.32 bits per heavy atom. The van der Waals surface area contributed by atoms with E-state index >= 15 is 0 Å². The Labute approximate surface area is 171 Å². The highest BCUT2D eigenvalue weighted by atomic mass is 32.2. The van der Waals surface area contributed by atoms with Crippen molar-refractivity contribution >= 4 is 29.3 Å². The smallest absolute Gasteiger partial charge is 0.234 e. The van der Waals surface area contributed by atoms with Gasteiger partial charge >= 0.3 is 0 Å². The quantitative estimate of drug-likeness (QED) is 0.698. The number of benzene rings is 2. The molecular formula is C22H28N2O3S. The molecule has 2 aromatic rings. The first-order chi connectivity index (χ1) is 13.3. The van der Waals surface area contributed by atoms with Gasteiger partial charge in [-0.25, -0.2) is 0 Å². The maximum Gasteiger partial charge on any atom is 0.234 e. The third-order valence-corrected chi connectivity index (χ3v) is 5.28. The molecule has 0 fully saturated rings. The summed E-state index contributed by atoms with van der Waals surface area (Å²) in [4.78, 5) is 24.4. The van der Waals surface area contributed by atoms with Crippen LogP contribution in [-0.2, 0) is 9.59 Å². The van der Waals surface area contributed by atoms with E-state index in [2.05, 4.69) is 10.6 Å². The van der Waals surface area contributed by atoms with Gasteiger partial charge in [-0.2, -0.15) is 0 Å². The van der Waals surface area contributed by atoms with Crippen LogP contribution in [0.1, 0.15) is 35.2 Å². The minimum absolute atomic E-state index is 0.111. The van der Waals surface area contributed by atoms with E-state index in [0.29, 0.717) is 0 Å². The summed E-state index contributed by atoms with van der Waals surface area (Å²) in [6.07, 6.45) is 0. The number of nitrogens with one attached hydrogen (secondary N) is 2. The number of ether oxygens (including phenoxy) is 1. The molecule has 0 aromatic heterocycles. The number of hydrogen-bond acceptors (Lipinski definition) is 4. The first-order valence-electron chi connectivity index (χ1n) is 9.19. The number of carbonyl (C=O) groups is 2. The van der Waals surface area contributed by atoms with Gasteiger partial charge in [0.15, 0.2) is 0 Å². The minimum Gasteiger partial charge on any atom is -0.496 e. The number of rotatable bonds is 8. The summed E-state index contributed by atoms with van der Waals surface area (Å²) in [6, 6.07) is 11.6. The third kappa shape index (κ3) is 6.30. The number of amides is 2. The van der Waals surface area contributed by atoms with Gasteiger partial charge in [0.05, 0.1) is 24.7 Å². The molecule has 0 heterocycles. The van der Waals surface area contributed by atoms with E-state index in [-0.39, 0.29) is 29.4 Å². The van der Waals surface area contributed by atoms with E-state index in [4.69, 9.17) is 4.74 Å². The maximum absolute atomic E-state index is 12.2. The predicted molar refractivity (Wildman–Crippen MR) is 116 cm³/mol. The Hall–Kier alpha value is -2.47. The van der Waals surface area contributed by atoms with Crippen LogP contribution < -0.4 is 15.4 Å². The normalized spacial score (nSPS) is 11.6. The maximum atomic E-state index is 12.2. The number of aryl methyl sites for hydroxylation is 3. The lowest BCUT2D eigenvalue weighted by Crippen LogP contribution is -2.29. The van der Waals surface area contributed by atoms with Crippen molar-refractivity contribution in [2.75, 3.05) is 23.9 Å². The number of thioether (sulfide) groups is 1. The molecule has 0 aliphatic carbocycles. The van der Waals surface area contributed by atoms with Gasteiger partial charge in [-0.3, -0.25) is 9.59 Å². The number of anilines is 1. The molecule has 2 N–H and O–H groups in total. The van der Waals surface area contributed by atoms with Gasteiger partial charge in [-0.1, -0.05) is 35.4 Å². The highest BCUT2D eigenvalue weighted by molar-refractivity contribution is 8.00. The number of methoxy groups -OCH3 is 1. The van der Waals surface area contributed by atoms with Crippen LogP contribution in [0.4, 0.5) is 5.69 Å². The van der Waals surface area contributed by atoms with Gasteiger partial charge in [0.1, 0.15) is 5.75 Å². The van der Waals surface area contributed by atoms with Gasteiger partial charge in [-0.05, 0) is 45.4 Å². The molecule has 0 bridgehead atoms. The predicted octanol–water partition coefficient (Wildman–Crippen LogP) is 4.17. The number of carbonyl (C=O) groups excluding carboxylic acids is 2. The lowest BCUT2D eigenvalue weighted by Gasteiger charge is -2.18. The SMILES string of the molecule is COc1ccc(C)cc1[C@@H](C)NC(=O)CSCC(=O)Nc1ccc(C)cc1C. The van der Waals surface area contributed by atoms with E-state index in [1.165, 1.54) is 11.8 Å². The molecule has 0 radical (unpaired) electrons. The standard InChI is InChI=1S/C22H28N2O3S/c1-14-6-8-19(16(3)10-14)24-22(26)13-28-12-21(25)23-17(4)18-11-15(2)7-9-20(18)27-5/h6-11,17H,12-13H2,1-5H3,(H,23,25)(H,24,26)/t17-/m1/s1. The zero-order valence-electron chi connectivity index (χ0n) is 17.1. The van der Waals surface area contributed by atoms with Crippen molar-refractivity contribution in [1.29, 1.82) is 0 Å². The van der Waals surface area contributed by atoms with Crippen molar-refractivity contribution < 1.29 is 14.3 Å². The summed E-state index contributed by atoms with van der Waals surface area (Å²) in [6.45, 7) is 7.90. The molecular weight excluding hydrogens is 372 g/mol. The van der Waals surface area contributed by atoms with Gasteiger partial charge in [0.2, 0.25) is 11.8 Å². The third-order valence-electron chi connectivity index (χ3n) is 4.35. The summed E-state index contributed by atoms with van der Waals surface area (Å²) in [5.74, 6) is 0.971. The second kappa shape index (κ2) is 10.2. The van der Waals surface area contributed by atoms with E-state index in [1.54, 1.807) is 7.11 Å². The second-order valence-corrected chi connectivity index (χ2v) is 7.88. The Morgan fingerprint density at radius 2 is 1.64 bits per heavy atom. The Bertz CT molecular complexity index is 852. The van der Waals surface area contributed by atoms with Crippen LogP contribution in [0.2, 0.25) is 0 Å². The van der Waals surface area contributed by atoms with E-state index < -0.39 is 0 Å². The van der Waals surface area contributed by atoms with Gasteiger partial charge in [0.25, 0.3) is 0 Å². The molecule has 1 atom stereocenters. The molecule has 5 nitrogen and oxygen atoms in total. The molecule has 150 valence electrons. The Balaban J connectivity index is 1.81. The van der Waals surface area contributed by atoms with Crippen LogP contribution in [0, 0.1) is 20.8 Å². The van der Waals surface area contributed by atoms with Crippen LogP contribution >= 0.6 is 11.8 Å². The molecule has 0 aliphatic rings. The van der Waals surface area contributed by atoms with E-state index in [1.807, 2.05) is 64.1 Å². The van der Waals surface area contributed by atoms with Crippen LogP contribution in [0.5, 0.6) is 5.75 Å². The molecule has 0 unspecified atom stereocenters. The monoisotopic (exact) mass is 400 g/mol. The highest BCUT2D eigenvalue weighted by Gasteiger charge is 2.15. The Morgan fingerprint density at radius 1 is 1.00 bits per heavy atom. The molecule has 2 aromatic carbocycles. The summed E-state index contributed by atoms with van der Waals surface area (Å²) < 4.78 is 5.38. The van der Waals surface area contributed by atoms with Crippen molar-refractivity contribution in [2.24, 2.45) is 0 Å². The fourth-order valence-electron chi connectivity index (χ4n) is 2.93. The highest BCUT2D eigenvalue weighted by Crippen LogP contribution is 2.26. The lowest BCUT2D eigenvalue weighted by molar-refractivity contribution is -0.119. The molecule has 0 spiro atoms. The van der Waals surface area contributed by atoms with E-state index in [9.17, 15) is 9.59 Å². The zero-order chi connectivity index (χ0) is 20.7. The van der Waals surface area contributed by atoms with Crippen molar-refractivity contribution in [3.05, 3.63) is 58.7 Å². The Kier molecular flexibility index (Phi) is 7.93. The molecule has 0 aliphatic heterocycles. The topological polar surface area (TPSA) is 67.4 Å². The zero-order valence-corrected chi connectivity index (χ0v) is 17.9. The molecule has 6 heteroatoms. The molecule has 0 saturated carbocycles. The average Bonchev–Trinajstić information content (AvgIpc) is 2.64.